The molecule has 1 heterocycles. The Hall–Kier alpha value is -2.49. The topological polar surface area (TPSA) is 116 Å². The molecule has 1 aliphatic heterocycles. The monoisotopic (exact) mass is 351 g/mol. The van der Waals surface area contributed by atoms with Gasteiger partial charge in [0.1, 0.15) is 5.75 Å². The summed E-state index contributed by atoms with van der Waals surface area (Å²) in [7, 11) is 1.33. The molecule has 0 amide bonds. The fraction of sp³-hybridized carbons (Fsp3) is 0.375. The molecule has 0 saturated heterocycles. The van der Waals surface area contributed by atoms with E-state index < -0.39 is 5.83 Å². The Morgan fingerprint density at radius 1 is 1.52 bits per heavy atom. The van der Waals surface area contributed by atoms with Gasteiger partial charge in [-0.05, 0) is 42.7 Å². The Morgan fingerprint density at radius 2 is 2.20 bits per heavy atom. The second-order valence-electron chi connectivity index (χ2n) is 5.75. The molecule has 2 rings (SSSR count). The molecule has 1 aromatic carbocycles. The summed E-state index contributed by atoms with van der Waals surface area (Å²) in [5.74, 6) is 5.19. The molecule has 1 aliphatic rings. The fourth-order valence-corrected chi connectivity index (χ4v) is 2.43. The summed E-state index contributed by atoms with van der Waals surface area (Å²) in [5, 5.41) is 22.0. The van der Waals surface area contributed by atoms with Crippen molar-refractivity contribution in [2.75, 3.05) is 13.6 Å². The van der Waals surface area contributed by atoms with Crippen LogP contribution in [0, 0.1) is 5.92 Å². The number of amidine groups is 1. The van der Waals surface area contributed by atoms with Gasteiger partial charge in [0.2, 0.25) is 0 Å². The van der Waals surface area contributed by atoms with Crippen LogP contribution >= 0.6 is 0 Å². The summed E-state index contributed by atoms with van der Waals surface area (Å²) in [4.78, 5) is 4.32. The fourth-order valence-electron chi connectivity index (χ4n) is 2.43. The molecule has 8 nitrogen and oxygen atoms in total. The van der Waals surface area contributed by atoms with Crippen LogP contribution in [0.1, 0.15) is 18.9 Å². The molecule has 0 aromatic heterocycles. The van der Waals surface area contributed by atoms with Crippen molar-refractivity contribution in [3.63, 3.8) is 0 Å². The van der Waals surface area contributed by atoms with E-state index in [0.29, 0.717) is 29.3 Å². The van der Waals surface area contributed by atoms with E-state index in [2.05, 4.69) is 15.6 Å². The van der Waals surface area contributed by atoms with Crippen LogP contribution in [0.5, 0.6) is 5.75 Å². The second kappa shape index (κ2) is 8.56. The summed E-state index contributed by atoms with van der Waals surface area (Å²) in [6.45, 7) is 2.53. The lowest BCUT2D eigenvalue weighted by Gasteiger charge is -2.23. The molecular weight excluding hydrogens is 329 g/mol. The second-order valence-corrected chi connectivity index (χ2v) is 5.75. The Kier molecular flexibility index (Phi) is 6.45. The number of oxime groups is 1. The third kappa shape index (κ3) is 4.75. The normalized spacial score (nSPS) is 19.1. The Bertz CT molecular complexity index is 673. The summed E-state index contributed by atoms with van der Waals surface area (Å²) in [5.41, 5.74) is 3.05. The number of hydrogen-bond donors (Lipinski definition) is 4. The van der Waals surface area contributed by atoms with Crippen LogP contribution in [-0.2, 0) is 0 Å². The van der Waals surface area contributed by atoms with Gasteiger partial charge >= 0.3 is 0 Å². The number of halogens is 1. The van der Waals surface area contributed by atoms with Crippen molar-refractivity contribution >= 4 is 11.7 Å². The minimum absolute atomic E-state index is 0.0317. The molecule has 0 aliphatic carbocycles. The van der Waals surface area contributed by atoms with Gasteiger partial charge in [-0.3, -0.25) is 16.5 Å². The molecule has 0 spiro atoms. The van der Waals surface area contributed by atoms with E-state index in [1.54, 1.807) is 24.3 Å². The smallest absolute Gasteiger partial charge is 0.251 e. The first-order valence-electron chi connectivity index (χ1n) is 7.76. The van der Waals surface area contributed by atoms with Gasteiger partial charge in [-0.25, -0.2) is 14.4 Å². The van der Waals surface area contributed by atoms with Gasteiger partial charge < -0.3 is 9.94 Å². The minimum Gasteiger partial charge on any atom is -0.437 e. The number of ether oxygens (including phenoxy) is 1. The van der Waals surface area contributed by atoms with Crippen LogP contribution in [-0.4, -0.2) is 46.8 Å². The van der Waals surface area contributed by atoms with Crippen LogP contribution in [0.25, 0.3) is 0 Å². The first-order chi connectivity index (χ1) is 12.0. The van der Waals surface area contributed by atoms with Crippen molar-refractivity contribution in [3.05, 3.63) is 41.7 Å². The van der Waals surface area contributed by atoms with Gasteiger partial charge in [0.05, 0.1) is 6.04 Å². The molecule has 9 heteroatoms. The number of hydroxylamine groups is 2. The maximum absolute atomic E-state index is 14.0. The van der Waals surface area contributed by atoms with Crippen molar-refractivity contribution < 1.29 is 19.5 Å². The summed E-state index contributed by atoms with van der Waals surface area (Å²) >= 11 is 0. The van der Waals surface area contributed by atoms with Crippen LogP contribution in [0.3, 0.4) is 0 Å². The number of hydrogen-bond acceptors (Lipinski definition) is 7. The molecule has 136 valence electrons. The molecule has 0 saturated carbocycles. The van der Waals surface area contributed by atoms with Gasteiger partial charge in [0, 0.05) is 19.2 Å². The predicted molar refractivity (Wildman–Crippen MR) is 91.3 cm³/mol. The number of nitrogens with zero attached hydrogens (tertiary/aromatic N) is 3. The molecule has 0 radical (unpaired) electrons. The molecule has 25 heavy (non-hydrogen) atoms. The van der Waals surface area contributed by atoms with Crippen LogP contribution in [0.15, 0.2) is 46.3 Å². The number of dihydropyridines is 1. The lowest BCUT2D eigenvalue weighted by Crippen LogP contribution is -2.34. The first-order valence-corrected chi connectivity index (χ1v) is 7.76. The SMILES string of the molecule is C[C@H](CNN)C1CC=C(F)C(Oc2ccc(/C(=N/O)N(C)O)cc2)=N1. The summed E-state index contributed by atoms with van der Waals surface area (Å²) in [6.07, 6.45) is 1.94. The van der Waals surface area contributed by atoms with Gasteiger partial charge in [-0.2, -0.15) is 0 Å². The molecule has 1 unspecified atom stereocenters. The van der Waals surface area contributed by atoms with Crippen molar-refractivity contribution in [1.82, 2.24) is 10.5 Å². The zero-order valence-electron chi connectivity index (χ0n) is 14.1. The highest BCUT2D eigenvalue weighted by atomic mass is 19.1. The van der Waals surface area contributed by atoms with Crippen LogP contribution in [0.4, 0.5) is 4.39 Å². The van der Waals surface area contributed by atoms with Gasteiger partial charge in [0.25, 0.3) is 5.90 Å². The number of benzene rings is 1. The lowest BCUT2D eigenvalue weighted by molar-refractivity contribution is 0.0108. The van der Waals surface area contributed by atoms with E-state index in [0.717, 1.165) is 0 Å². The Labute approximate surface area is 145 Å². The number of rotatable bonds is 5. The summed E-state index contributed by atoms with van der Waals surface area (Å²) < 4.78 is 19.5. The quantitative estimate of drug-likeness (QED) is 0.211. The average molecular weight is 351 g/mol. The minimum atomic E-state index is -0.513. The summed E-state index contributed by atoms with van der Waals surface area (Å²) in [6, 6.07) is 6.14. The largest absolute Gasteiger partial charge is 0.437 e. The number of hydrazine groups is 1. The molecular formula is C16H22FN5O3. The molecule has 5 N–H and O–H groups in total. The van der Waals surface area contributed by atoms with Crippen molar-refractivity contribution in [1.29, 1.82) is 0 Å². The van der Waals surface area contributed by atoms with Crippen molar-refractivity contribution in [2.45, 2.75) is 19.4 Å². The zero-order valence-corrected chi connectivity index (χ0v) is 14.1. The van der Waals surface area contributed by atoms with E-state index in [4.69, 9.17) is 15.8 Å². The van der Waals surface area contributed by atoms with E-state index in [-0.39, 0.29) is 23.7 Å². The average Bonchev–Trinajstić information content (AvgIpc) is 2.59. The third-order valence-corrected chi connectivity index (χ3v) is 3.85. The molecule has 1 aromatic rings. The maximum Gasteiger partial charge on any atom is 0.251 e. The van der Waals surface area contributed by atoms with Crippen LogP contribution < -0.4 is 16.0 Å². The Balaban J connectivity index is 2.13. The van der Waals surface area contributed by atoms with E-state index in [1.807, 2.05) is 6.92 Å². The third-order valence-electron chi connectivity index (χ3n) is 3.85. The molecule has 0 bridgehead atoms. The number of nitrogens with one attached hydrogen (secondary N) is 1. The highest BCUT2D eigenvalue weighted by Crippen LogP contribution is 2.23. The van der Waals surface area contributed by atoms with E-state index >= 15 is 0 Å². The first kappa shape index (κ1) is 18.8. The Morgan fingerprint density at radius 3 is 2.76 bits per heavy atom. The van der Waals surface area contributed by atoms with Crippen molar-refractivity contribution in [2.24, 2.45) is 21.9 Å². The highest BCUT2D eigenvalue weighted by Gasteiger charge is 2.23. The zero-order chi connectivity index (χ0) is 18.4. The van der Waals surface area contributed by atoms with E-state index in [1.165, 1.54) is 13.1 Å². The van der Waals surface area contributed by atoms with E-state index in [9.17, 15) is 9.60 Å². The van der Waals surface area contributed by atoms with Gasteiger partial charge in [-0.1, -0.05) is 12.1 Å². The lowest BCUT2D eigenvalue weighted by atomic mass is 9.98. The standard InChI is InChI=1S/C16H22FN5O3/c1-10(9-19-18)14-8-7-13(17)16(20-14)25-12-5-3-11(4-6-12)15(21-23)22(2)24/h3-7,10,14,19,23-24H,8-9,18H2,1-2H3/b21-15-/t10-,14?/m1/s1. The van der Waals surface area contributed by atoms with Crippen molar-refractivity contribution in [3.8, 4) is 5.75 Å². The van der Waals surface area contributed by atoms with Gasteiger partial charge in [0.15, 0.2) is 11.7 Å². The molecule has 2 atom stereocenters. The molecule has 0 fully saturated rings. The highest BCUT2D eigenvalue weighted by molar-refractivity contribution is 5.98. The number of aliphatic imine (C=N–C) groups is 1. The predicted octanol–water partition coefficient (Wildman–Crippen LogP) is 1.65. The van der Waals surface area contributed by atoms with Crippen LogP contribution in [0.2, 0.25) is 0 Å². The maximum atomic E-state index is 14.0. The number of nitrogens with two attached hydrogens (primary N) is 1. The van der Waals surface area contributed by atoms with Gasteiger partial charge in [-0.15, -0.1) is 0 Å².